The summed E-state index contributed by atoms with van der Waals surface area (Å²) < 4.78 is 1.64. The van der Waals surface area contributed by atoms with Gasteiger partial charge in [-0.2, -0.15) is 5.10 Å². The first kappa shape index (κ1) is 11.6. The quantitative estimate of drug-likeness (QED) is 0.740. The Kier molecular flexibility index (Phi) is 2.84. The van der Waals surface area contributed by atoms with Crippen LogP contribution >= 0.6 is 0 Å². The van der Waals surface area contributed by atoms with Crippen LogP contribution in [-0.2, 0) is 7.05 Å². The Hall–Kier alpha value is -1.90. The van der Waals surface area contributed by atoms with E-state index in [9.17, 15) is 4.79 Å². The molecule has 0 saturated carbocycles. The number of carbonyl (C=O) groups is 1. The van der Waals surface area contributed by atoms with Crippen LogP contribution in [-0.4, -0.2) is 15.6 Å². The number of hydrogen-bond acceptors (Lipinski definition) is 2. The fraction of sp³-hybridized carbons (Fsp3) is 0.286. The number of aromatic nitrogens is 2. The number of ketones is 1. The maximum atomic E-state index is 12.4. The second-order valence-corrected chi connectivity index (χ2v) is 4.37. The molecule has 0 N–H and O–H groups in total. The van der Waals surface area contributed by atoms with E-state index in [-0.39, 0.29) is 5.78 Å². The maximum absolute atomic E-state index is 12.4. The van der Waals surface area contributed by atoms with E-state index >= 15 is 0 Å². The molecule has 3 heteroatoms. The second-order valence-electron chi connectivity index (χ2n) is 4.37. The molecule has 0 aliphatic rings. The molecule has 0 fully saturated rings. The molecule has 2 aromatic rings. The molecule has 0 amide bonds. The fourth-order valence-electron chi connectivity index (χ4n) is 1.96. The van der Waals surface area contributed by atoms with Gasteiger partial charge >= 0.3 is 0 Å². The average molecular weight is 228 g/mol. The Morgan fingerprint density at radius 2 is 1.94 bits per heavy atom. The van der Waals surface area contributed by atoms with Gasteiger partial charge in [0.25, 0.3) is 0 Å². The first-order valence-corrected chi connectivity index (χ1v) is 5.62. The largest absolute Gasteiger partial charge is 0.287 e. The first-order valence-electron chi connectivity index (χ1n) is 5.62. The molecule has 0 spiro atoms. The van der Waals surface area contributed by atoms with Crippen molar-refractivity contribution in [1.82, 2.24) is 9.78 Å². The molecule has 0 radical (unpaired) electrons. The molecule has 1 aromatic carbocycles. The van der Waals surface area contributed by atoms with E-state index in [0.717, 1.165) is 22.4 Å². The van der Waals surface area contributed by atoms with Crippen molar-refractivity contribution in [3.8, 4) is 0 Å². The van der Waals surface area contributed by atoms with Gasteiger partial charge in [-0.25, -0.2) is 0 Å². The van der Waals surface area contributed by atoms with Gasteiger partial charge in [-0.05, 0) is 38.0 Å². The van der Waals surface area contributed by atoms with Crippen molar-refractivity contribution in [3.05, 3.63) is 52.3 Å². The van der Waals surface area contributed by atoms with Crippen molar-refractivity contribution < 1.29 is 4.79 Å². The lowest BCUT2D eigenvalue weighted by molar-refractivity contribution is 0.102. The zero-order valence-electron chi connectivity index (χ0n) is 10.6. The smallest absolute Gasteiger partial charge is 0.211 e. The lowest BCUT2D eigenvalue weighted by atomic mass is 9.98. The van der Waals surface area contributed by atoms with Crippen LogP contribution in [0.25, 0.3) is 0 Å². The predicted molar refractivity (Wildman–Crippen MR) is 67.3 cm³/mol. The van der Waals surface area contributed by atoms with Gasteiger partial charge in [-0.1, -0.05) is 18.2 Å². The molecule has 2 rings (SSSR count). The summed E-state index contributed by atoms with van der Waals surface area (Å²) in [6.45, 7) is 5.88. The maximum Gasteiger partial charge on any atom is 0.211 e. The molecule has 0 unspecified atom stereocenters. The van der Waals surface area contributed by atoms with Crippen LogP contribution in [0.2, 0.25) is 0 Å². The van der Waals surface area contributed by atoms with Crippen molar-refractivity contribution in [2.45, 2.75) is 20.8 Å². The molecule has 88 valence electrons. The average Bonchev–Trinajstić information content (AvgIpc) is 2.61. The van der Waals surface area contributed by atoms with Crippen LogP contribution < -0.4 is 0 Å². The van der Waals surface area contributed by atoms with E-state index in [1.165, 1.54) is 0 Å². The molecular formula is C14H16N2O. The van der Waals surface area contributed by atoms with Gasteiger partial charge in [0.2, 0.25) is 5.78 Å². The standard InChI is InChI=1S/C14H16N2O/c1-9-6-5-7-12(11(9)3)14(17)13-8-10(2)15-16(13)4/h5-8H,1-4H3. The van der Waals surface area contributed by atoms with E-state index < -0.39 is 0 Å². The number of nitrogens with zero attached hydrogens (tertiary/aromatic N) is 2. The topological polar surface area (TPSA) is 34.9 Å². The Labute approximate surface area is 101 Å². The highest BCUT2D eigenvalue weighted by Crippen LogP contribution is 2.17. The van der Waals surface area contributed by atoms with Crippen molar-refractivity contribution in [3.63, 3.8) is 0 Å². The molecule has 0 saturated heterocycles. The van der Waals surface area contributed by atoms with Gasteiger partial charge < -0.3 is 0 Å². The van der Waals surface area contributed by atoms with E-state index in [0.29, 0.717) is 5.69 Å². The minimum Gasteiger partial charge on any atom is -0.287 e. The van der Waals surface area contributed by atoms with E-state index in [4.69, 9.17) is 0 Å². The highest BCUT2D eigenvalue weighted by Gasteiger charge is 2.16. The van der Waals surface area contributed by atoms with Crippen LogP contribution in [0, 0.1) is 20.8 Å². The van der Waals surface area contributed by atoms with Gasteiger partial charge in [0.15, 0.2) is 0 Å². The predicted octanol–water partition coefficient (Wildman–Crippen LogP) is 2.58. The van der Waals surface area contributed by atoms with Crippen molar-refractivity contribution in [2.24, 2.45) is 7.05 Å². The molecule has 3 nitrogen and oxygen atoms in total. The van der Waals surface area contributed by atoms with Crippen molar-refractivity contribution >= 4 is 5.78 Å². The summed E-state index contributed by atoms with van der Waals surface area (Å²) in [5.41, 5.74) is 4.43. The Bertz CT molecular complexity index is 582. The Balaban J connectivity index is 2.51. The molecular weight excluding hydrogens is 212 g/mol. The van der Waals surface area contributed by atoms with Crippen LogP contribution in [0.4, 0.5) is 0 Å². The monoisotopic (exact) mass is 228 g/mol. The van der Waals surface area contributed by atoms with Gasteiger partial charge in [-0.3, -0.25) is 9.48 Å². The van der Waals surface area contributed by atoms with E-state index in [1.807, 2.05) is 45.0 Å². The number of hydrogen-bond donors (Lipinski definition) is 0. The second kappa shape index (κ2) is 4.17. The SMILES string of the molecule is Cc1cc(C(=O)c2cccc(C)c2C)n(C)n1. The summed E-state index contributed by atoms with van der Waals surface area (Å²) in [6, 6.07) is 7.62. The molecule has 0 aliphatic heterocycles. The lowest BCUT2D eigenvalue weighted by Gasteiger charge is -2.07. The molecule has 0 aliphatic carbocycles. The Morgan fingerprint density at radius 1 is 1.24 bits per heavy atom. The minimum absolute atomic E-state index is 0.0364. The van der Waals surface area contributed by atoms with Gasteiger partial charge in [0.05, 0.1) is 5.69 Å². The van der Waals surface area contributed by atoms with Gasteiger partial charge in [-0.15, -0.1) is 0 Å². The number of aryl methyl sites for hydroxylation is 3. The number of carbonyl (C=O) groups excluding carboxylic acids is 1. The normalized spacial score (nSPS) is 10.6. The molecule has 0 bridgehead atoms. The van der Waals surface area contributed by atoms with E-state index in [2.05, 4.69) is 5.10 Å². The summed E-state index contributed by atoms with van der Waals surface area (Å²) in [4.78, 5) is 12.4. The summed E-state index contributed by atoms with van der Waals surface area (Å²) in [6.07, 6.45) is 0. The molecule has 17 heavy (non-hydrogen) atoms. The third-order valence-corrected chi connectivity index (χ3v) is 3.08. The van der Waals surface area contributed by atoms with E-state index in [1.54, 1.807) is 11.7 Å². The third-order valence-electron chi connectivity index (χ3n) is 3.08. The van der Waals surface area contributed by atoms with Crippen LogP contribution in [0.3, 0.4) is 0 Å². The summed E-state index contributed by atoms with van der Waals surface area (Å²) in [7, 11) is 1.80. The molecule has 1 aromatic heterocycles. The summed E-state index contributed by atoms with van der Waals surface area (Å²) in [5, 5.41) is 4.21. The number of rotatable bonds is 2. The van der Waals surface area contributed by atoms with Gasteiger partial charge in [0.1, 0.15) is 5.69 Å². The zero-order chi connectivity index (χ0) is 12.6. The number of benzene rings is 1. The highest BCUT2D eigenvalue weighted by atomic mass is 16.1. The lowest BCUT2D eigenvalue weighted by Crippen LogP contribution is -2.10. The summed E-state index contributed by atoms with van der Waals surface area (Å²) >= 11 is 0. The van der Waals surface area contributed by atoms with Crippen molar-refractivity contribution in [2.75, 3.05) is 0 Å². The highest BCUT2D eigenvalue weighted by molar-refractivity contribution is 6.09. The molecule has 0 atom stereocenters. The first-order chi connectivity index (χ1) is 8.00. The Morgan fingerprint density at radius 3 is 2.53 bits per heavy atom. The van der Waals surface area contributed by atoms with Crippen LogP contribution in [0.15, 0.2) is 24.3 Å². The summed E-state index contributed by atoms with van der Waals surface area (Å²) in [5.74, 6) is 0.0364. The van der Waals surface area contributed by atoms with Crippen molar-refractivity contribution in [1.29, 1.82) is 0 Å². The fourth-order valence-corrected chi connectivity index (χ4v) is 1.96. The van der Waals surface area contributed by atoms with Gasteiger partial charge in [0, 0.05) is 12.6 Å². The zero-order valence-corrected chi connectivity index (χ0v) is 10.6. The molecule has 1 heterocycles. The van der Waals surface area contributed by atoms with Crippen LogP contribution in [0.1, 0.15) is 32.9 Å². The van der Waals surface area contributed by atoms with Crippen LogP contribution in [0.5, 0.6) is 0 Å². The minimum atomic E-state index is 0.0364. The third kappa shape index (κ3) is 2.00.